The van der Waals surface area contributed by atoms with Crippen molar-refractivity contribution in [1.82, 2.24) is 4.90 Å². The Morgan fingerprint density at radius 3 is 2.45 bits per heavy atom. The highest BCUT2D eigenvalue weighted by molar-refractivity contribution is 6.01. The van der Waals surface area contributed by atoms with Crippen molar-refractivity contribution >= 4 is 23.2 Å². The molecule has 5 rings (SSSR count). The lowest BCUT2D eigenvalue weighted by molar-refractivity contribution is -0.137. The summed E-state index contributed by atoms with van der Waals surface area (Å²) in [7, 11) is 1.54. The zero-order valence-electron chi connectivity index (χ0n) is 22.9. The van der Waals surface area contributed by atoms with Crippen LogP contribution in [-0.2, 0) is 24.1 Å². The van der Waals surface area contributed by atoms with Gasteiger partial charge in [-0.05, 0) is 71.8 Å². The van der Waals surface area contributed by atoms with Gasteiger partial charge in [-0.2, -0.15) is 13.2 Å². The first-order valence-electron chi connectivity index (χ1n) is 13.1. The van der Waals surface area contributed by atoms with Crippen molar-refractivity contribution in [2.45, 2.75) is 32.4 Å². The standard InChI is InChI=1S/C32H28F3N3O4/c1-20(39)36-25-11-13-26(14-12-25)42-19-23-17-22(10-15-29(23)41-2)30-37-28-9-4-3-8-27(28)31(40)38(30)18-21-6-5-7-24(16-21)32(33,34)35/h3-17,30,37H,18-19H2,1-2H3,(H,36,39). The molecule has 0 aliphatic carbocycles. The molecule has 0 spiro atoms. The van der Waals surface area contributed by atoms with E-state index in [1.54, 1.807) is 61.7 Å². The molecule has 1 heterocycles. The third-order valence-electron chi connectivity index (χ3n) is 6.82. The zero-order valence-corrected chi connectivity index (χ0v) is 22.9. The number of hydrogen-bond donors (Lipinski definition) is 2. The van der Waals surface area contributed by atoms with E-state index in [2.05, 4.69) is 10.6 Å². The lowest BCUT2D eigenvalue weighted by Crippen LogP contribution is -2.42. The van der Waals surface area contributed by atoms with Crippen molar-refractivity contribution in [3.05, 3.63) is 119 Å². The number of fused-ring (bicyclic) bond motifs is 1. The van der Waals surface area contributed by atoms with E-state index in [1.807, 2.05) is 18.2 Å². The van der Waals surface area contributed by atoms with Gasteiger partial charge in [0.25, 0.3) is 5.91 Å². The number of amides is 2. The molecule has 0 radical (unpaired) electrons. The van der Waals surface area contributed by atoms with E-state index in [0.717, 1.165) is 12.1 Å². The number of carbonyl (C=O) groups excluding carboxylic acids is 2. The normalized spacial score (nSPS) is 14.5. The summed E-state index contributed by atoms with van der Waals surface area (Å²) in [5.41, 5.74) is 2.68. The zero-order chi connectivity index (χ0) is 29.9. The first-order valence-corrected chi connectivity index (χ1v) is 13.1. The van der Waals surface area contributed by atoms with Crippen LogP contribution in [0.1, 0.15) is 45.7 Å². The number of alkyl halides is 3. The molecule has 0 saturated carbocycles. The lowest BCUT2D eigenvalue weighted by Gasteiger charge is -2.38. The molecule has 4 aromatic rings. The highest BCUT2D eigenvalue weighted by Gasteiger charge is 2.34. The molecule has 42 heavy (non-hydrogen) atoms. The van der Waals surface area contributed by atoms with E-state index in [1.165, 1.54) is 17.9 Å². The van der Waals surface area contributed by atoms with Crippen LogP contribution in [0.5, 0.6) is 11.5 Å². The number of anilines is 2. The number of rotatable bonds is 8. The smallest absolute Gasteiger partial charge is 0.416 e. The van der Waals surface area contributed by atoms with E-state index >= 15 is 0 Å². The Morgan fingerprint density at radius 2 is 1.74 bits per heavy atom. The van der Waals surface area contributed by atoms with Gasteiger partial charge in [-0.1, -0.05) is 30.3 Å². The van der Waals surface area contributed by atoms with Crippen LogP contribution in [0.2, 0.25) is 0 Å². The molecule has 0 saturated heterocycles. The first-order chi connectivity index (χ1) is 20.1. The van der Waals surface area contributed by atoms with E-state index in [9.17, 15) is 22.8 Å². The van der Waals surface area contributed by atoms with Gasteiger partial charge in [-0.25, -0.2) is 0 Å². The summed E-state index contributed by atoms with van der Waals surface area (Å²) in [6, 6.07) is 24.4. The first kappa shape index (κ1) is 28.5. The topological polar surface area (TPSA) is 79.9 Å². The minimum Gasteiger partial charge on any atom is -0.496 e. The Kier molecular flexibility index (Phi) is 8.06. The van der Waals surface area contributed by atoms with Gasteiger partial charge in [0.15, 0.2) is 0 Å². The SMILES string of the molecule is COc1ccc(C2Nc3ccccc3C(=O)N2Cc2cccc(C(F)(F)F)c2)cc1COc1ccc(NC(C)=O)cc1. The van der Waals surface area contributed by atoms with Crippen LogP contribution < -0.4 is 20.1 Å². The second kappa shape index (κ2) is 11.9. The van der Waals surface area contributed by atoms with Gasteiger partial charge in [0.05, 0.1) is 18.2 Å². The molecule has 2 amide bonds. The Morgan fingerprint density at radius 1 is 0.976 bits per heavy atom. The molecule has 0 fully saturated rings. The Bertz CT molecular complexity index is 1610. The fraction of sp³-hybridized carbons (Fsp3) is 0.188. The van der Waals surface area contributed by atoms with Crippen LogP contribution in [-0.4, -0.2) is 23.8 Å². The summed E-state index contributed by atoms with van der Waals surface area (Å²) in [6.07, 6.45) is -5.18. The van der Waals surface area contributed by atoms with Crippen LogP contribution in [0.3, 0.4) is 0 Å². The maximum Gasteiger partial charge on any atom is 0.416 e. The van der Waals surface area contributed by atoms with Crippen LogP contribution >= 0.6 is 0 Å². The Balaban J connectivity index is 1.45. The number of para-hydroxylation sites is 1. The molecule has 1 aliphatic rings. The summed E-state index contributed by atoms with van der Waals surface area (Å²) in [5, 5.41) is 6.09. The van der Waals surface area contributed by atoms with Crippen molar-refractivity contribution in [2.24, 2.45) is 0 Å². The third kappa shape index (κ3) is 6.33. The quantitative estimate of drug-likeness (QED) is 0.236. The molecular formula is C32H28F3N3O4. The number of methoxy groups -OCH3 is 1. The van der Waals surface area contributed by atoms with E-state index < -0.39 is 17.9 Å². The second-order valence-electron chi connectivity index (χ2n) is 9.79. The number of halogens is 3. The fourth-order valence-electron chi connectivity index (χ4n) is 4.84. The Labute approximate surface area is 240 Å². The van der Waals surface area contributed by atoms with Crippen LogP contribution in [0.4, 0.5) is 24.5 Å². The third-order valence-corrected chi connectivity index (χ3v) is 6.82. The van der Waals surface area contributed by atoms with Gasteiger partial charge < -0.3 is 25.0 Å². The van der Waals surface area contributed by atoms with Crippen molar-refractivity contribution in [3.63, 3.8) is 0 Å². The molecule has 1 unspecified atom stereocenters. The van der Waals surface area contributed by atoms with Crippen molar-refractivity contribution in [2.75, 3.05) is 17.7 Å². The average Bonchev–Trinajstić information content (AvgIpc) is 2.97. The number of nitrogens with zero attached hydrogens (tertiary/aromatic N) is 1. The van der Waals surface area contributed by atoms with Gasteiger partial charge in [0.2, 0.25) is 5.91 Å². The maximum atomic E-state index is 13.7. The summed E-state index contributed by atoms with van der Waals surface area (Å²) in [4.78, 5) is 26.5. The Hall–Kier alpha value is -4.99. The number of carbonyl (C=O) groups is 2. The van der Waals surface area contributed by atoms with Crippen LogP contribution in [0.15, 0.2) is 91.0 Å². The molecule has 10 heteroatoms. The average molecular weight is 576 g/mol. The van der Waals surface area contributed by atoms with Crippen LogP contribution in [0.25, 0.3) is 0 Å². The number of benzene rings is 4. The molecule has 0 bridgehead atoms. The summed E-state index contributed by atoms with van der Waals surface area (Å²) < 4.78 is 51.8. The minimum atomic E-state index is -4.50. The van der Waals surface area contributed by atoms with E-state index in [0.29, 0.717) is 45.1 Å². The lowest BCUT2D eigenvalue weighted by atomic mass is 10.0. The minimum absolute atomic E-state index is 0.0483. The van der Waals surface area contributed by atoms with E-state index in [4.69, 9.17) is 9.47 Å². The van der Waals surface area contributed by atoms with Gasteiger partial charge >= 0.3 is 6.18 Å². The number of nitrogens with one attached hydrogen (secondary N) is 2. The predicted molar refractivity (Wildman–Crippen MR) is 152 cm³/mol. The van der Waals surface area contributed by atoms with E-state index in [-0.39, 0.29) is 25.0 Å². The molecule has 2 N–H and O–H groups in total. The molecule has 4 aromatic carbocycles. The molecule has 7 nitrogen and oxygen atoms in total. The molecule has 0 aromatic heterocycles. The van der Waals surface area contributed by atoms with Crippen molar-refractivity contribution < 1.29 is 32.2 Å². The molecule has 1 aliphatic heterocycles. The van der Waals surface area contributed by atoms with Crippen molar-refractivity contribution in [3.8, 4) is 11.5 Å². The molecule has 216 valence electrons. The van der Waals surface area contributed by atoms with Gasteiger partial charge in [-0.15, -0.1) is 0 Å². The van der Waals surface area contributed by atoms with Crippen molar-refractivity contribution in [1.29, 1.82) is 0 Å². The van der Waals surface area contributed by atoms with Crippen LogP contribution in [0, 0.1) is 0 Å². The molecule has 1 atom stereocenters. The second-order valence-corrected chi connectivity index (χ2v) is 9.79. The predicted octanol–water partition coefficient (Wildman–Crippen LogP) is 7.02. The van der Waals surface area contributed by atoms with Gasteiger partial charge in [0.1, 0.15) is 24.3 Å². The maximum absolute atomic E-state index is 13.7. The highest BCUT2D eigenvalue weighted by atomic mass is 19.4. The number of hydrogen-bond acceptors (Lipinski definition) is 5. The summed E-state index contributed by atoms with van der Waals surface area (Å²) >= 11 is 0. The largest absolute Gasteiger partial charge is 0.496 e. The number of ether oxygens (including phenoxy) is 2. The van der Waals surface area contributed by atoms with Gasteiger partial charge in [0, 0.05) is 30.4 Å². The summed E-state index contributed by atoms with van der Waals surface area (Å²) in [6.45, 7) is 1.52. The van der Waals surface area contributed by atoms with Gasteiger partial charge in [-0.3, -0.25) is 9.59 Å². The fourth-order valence-corrected chi connectivity index (χ4v) is 4.84. The highest BCUT2D eigenvalue weighted by Crippen LogP contribution is 2.37. The molecular weight excluding hydrogens is 547 g/mol. The monoisotopic (exact) mass is 575 g/mol. The summed E-state index contributed by atoms with van der Waals surface area (Å²) in [5.74, 6) is 0.660.